The van der Waals surface area contributed by atoms with Gasteiger partial charge in [-0.2, -0.15) is 0 Å². The average Bonchev–Trinajstić information content (AvgIpc) is 3.58. The Hall–Kier alpha value is -3.05. The van der Waals surface area contributed by atoms with Gasteiger partial charge < -0.3 is 9.64 Å². The first-order valence-corrected chi connectivity index (χ1v) is 16.0. The van der Waals surface area contributed by atoms with E-state index in [1.807, 2.05) is 18.2 Å². The van der Waals surface area contributed by atoms with Crippen molar-refractivity contribution in [3.05, 3.63) is 57.8 Å². The third-order valence-corrected chi connectivity index (χ3v) is 11.2. The number of pyridine rings is 1. The third kappa shape index (κ3) is 5.45. The van der Waals surface area contributed by atoms with Crippen LogP contribution in [0.4, 0.5) is 0 Å². The lowest BCUT2D eigenvalue weighted by Crippen LogP contribution is -2.50. The SMILES string of the molecule is O=C(c1ccc(-c2cc3c(cn2)OC2(CCN(S(=O)(=O)CC4CCCCC4)CC2)C3)cc1)N1CC[C@@H]([N+](=O)[O-])C1. The van der Waals surface area contributed by atoms with Gasteiger partial charge in [0, 0.05) is 66.9 Å². The summed E-state index contributed by atoms with van der Waals surface area (Å²) in [4.78, 5) is 29.7. The molecule has 3 aliphatic heterocycles. The van der Waals surface area contributed by atoms with Crippen LogP contribution in [0.15, 0.2) is 36.5 Å². The van der Waals surface area contributed by atoms with Crippen LogP contribution < -0.4 is 4.74 Å². The van der Waals surface area contributed by atoms with Crippen LogP contribution in [0.5, 0.6) is 5.75 Å². The summed E-state index contributed by atoms with van der Waals surface area (Å²) in [5.74, 6) is 1.12. The molecule has 10 nitrogen and oxygen atoms in total. The van der Waals surface area contributed by atoms with E-state index >= 15 is 0 Å². The van der Waals surface area contributed by atoms with E-state index in [0.717, 1.165) is 54.7 Å². The maximum Gasteiger partial charge on any atom is 0.254 e. The van der Waals surface area contributed by atoms with E-state index in [0.29, 0.717) is 50.4 Å². The number of hydrogen-bond donors (Lipinski definition) is 0. The van der Waals surface area contributed by atoms with Gasteiger partial charge >= 0.3 is 0 Å². The molecule has 1 saturated carbocycles. The first-order valence-electron chi connectivity index (χ1n) is 14.4. The molecule has 0 N–H and O–H groups in total. The fraction of sp³-hybridized carbons (Fsp3) is 0.586. The van der Waals surface area contributed by atoms with Crippen molar-refractivity contribution in [1.29, 1.82) is 0 Å². The molecule has 0 unspecified atom stereocenters. The summed E-state index contributed by atoms with van der Waals surface area (Å²) in [6.45, 7) is 1.51. The molecule has 1 aliphatic carbocycles. The zero-order valence-corrected chi connectivity index (χ0v) is 23.5. The zero-order valence-electron chi connectivity index (χ0n) is 22.7. The van der Waals surface area contributed by atoms with Crippen molar-refractivity contribution in [2.75, 3.05) is 31.9 Å². The Morgan fingerprint density at radius 3 is 2.48 bits per heavy atom. The molecule has 1 spiro atoms. The van der Waals surface area contributed by atoms with Gasteiger partial charge in [0.25, 0.3) is 5.91 Å². The molecule has 214 valence electrons. The van der Waals surface area contributed by atoms with Gasteiger partial charge in [-0.05, 0) is 37.0 Å². The lowest BCUT2D eigenvalue weighted by atomic mass is 9.88. The molecule has 1 amide bonds. The number of benzene rings is 1. The monoisotopic (exact) mass is 568 g/mol. The van der Waals surface area contributed by atoms with Crippen LogP contribution in [0, 0.1) is 16.0 Å². The summed E-state index contributed by atoms with van der Waals surface area (Å²) in [6.07, 6.45) is 9.70. The van der Waals surface area contributed by atoms with Crippen molar-refractivity contribution >= 4 is 15.9 Å². The minimum Gasteiger partial charge on any atom is -0.485 e. The number of piperidine rings is 1. The maximum atomic E-state index is 13.1. The standard InChI is InChI=1S/C29H36N4O6S/c34-28(31-13-10-25(19-31)33(35)36)23-8-6-22(7-9-23)26-16-24-17-29(39-27(24)18-30-26)11-14-32(15-12-29)40(37,38)20-21-4-2-1-3-5-21/h6-9,16,18,21,25H,1-5,10-15,17,19-20H2/t25-/m1/s1. The normalized spacial score (nSPS) is 23.2. The van der Waals surface area contributed by atoms with Crippen molar-refractivity contribution in [3.63, 3.8) is 0 Å². The Morgan fingerprint density at radius 1 is 1.07 bits per heavy atom. The second kappa shape index (κ2) is 10.7. The number of nitrogens with zero attached hydrogens (tertiary/aromatic N) is 4. The van der Waals surface area contributed by atoms with E-state index in [1.54, 1.807) is 27.5 Å². The maximum absolute atomic E-state index is 13.1. The smallest absolute Gasteiger partial charge is 0.254 e. The van der Waals surface area contributed by atoms with Gasteiger partial charge in [0.05, 0.1) is 24.2 Å². The van der Waals surface area contributed by atoms with Crippen molar-refractivity contribution in [2.45, 2.75) is 69.4 Å². The highest BCUT2D eigenvalue weighted by molar-refractivity contribution is 7.89. The summed E-state index contributed by atoms with van der Waals surface area (Å²) in [5.41, 5.74) is 2.81. The second-order valence-electron chi connectivity index (χ2n) is 11.9. The summed E-state index contributed by atoms with van der Waals surface area (Å²) >= 11 is 0. The predicted molar refractivity (Wildman–Crippen MR) is 149 cm³/mol. The number of likely N-dealkylation sites (tertiary alicyclic amines) is 1. The number of carbonyl (C=O) groups is 1. The van der Waals surface area contributed by atoms with E-state index in [4.69, 9.17) is 4.74 Å². The Bertz CT molecular complexity index is 1380. The number of amides is 1. The minimum atomic E-state index is -3.25. The van der Waals surface area contributed by atoms with Crippen LogP contribution in [0.25, 0.3) is 11.3 Å². The fourth-order valence-electron chi connectivity index (χ4n) is 6.76. The highest BCUT2D eigenvalue weighted by Gasteiger charge is 2.44. The molecular formula is C29H36N4O6S. The molecule has 0 bridgehead atoms. The number of aromatic nitrogens is 1. The number of rotatable bonds is 6. The minimum absolute atomic E-state index is 0.145. The van der Waals surface area contributed by atoms with Crippen molar-refractivity contribution < 1.29 is 22.9 Å². The summed E-state index contributed by atoms with van der Waals surface area (Å²) in [6, 6.07) is 8.52. The fourth-order valence-corrected chi connectivity index (χ4v) is 8.64. The highest BCUT2D eigenvalue weighted by Crippen LogP contribution is 2.42. The molecule has 0 radical (unpaired) electrons. The molecule has 1 atom stereocenters. The number of sulfonamides is 1. The molecule has 3 fully saturated rings. The Morgan fingerprint density at radius 2 is 1.80 bits per heavy atom. The topological polar surface area (TPSA) is 123 Å². The van der Waals surface area contributed by atoms with E-state index in [1.165, 1.54) is 6.42 Å². The Labute approximate surface area is 234 Å². The molecule has 11 heteroatoms. The van der Waals surface area contributed by atoms with Gasteiger partial charge in [-0.3, -0.25) is 19.9 Å². The summed E-state index contributed by atoms with van der Waals surface area (Å²) < 4.78 is 34.2. The van der Waals surface area contributed by atoms with Gasteiger partial charge in [0.15, 0.2) is 0 Å². The van der Waals surface area contributed by atoms with Crippen molar-refractivity contribution in [3.8, 4) is 17.0 Å². The van der Waals surface area contributed by atoms with Gasteiger partial charge in [-0.25, -0.2) is 12.7 Å². The zero-order chi connectivity index (χ0) is 27.9. The molecular weight excluding hydrogens is 532 g/mol. The van der Waals surface area contributed by atoms with E-state index in [-0.39, 0.29) is 23.1 Å². The molecule has 2 aromatic rings. The molecule has 1 aromatic carbocycles. The number of carbonyl (C=O) groups excluding carboxylic acids is 1. The van der Waals surface area contributed by atoms with Crippen LogP contribution in [0.2, 0.25) is 0 Å². The Balaban J connectivity index is 1.08. The second-order valence-corrected chi connectivity index (χ2v) is 13.9. The number of nitro groups is 1. The molecule has 1 aromatic heterocycles. The lowest BCUT2D eigenvalue weighted by molar-refractivity contribution is -0.517. The van der Waals surface area contributed by atoms with E-state index in [9.17, 15) is 23.3 Å². The summed E-state index contributed by atoms with van der Waals surface area (Å²) in [5, 5.41) is 11.0. The lowest BCUT2D eigenvalue weighted by Gasteiger charge is -2.38. The molecule has 4 aliphatic rings. The Kier molecular flexibility index (Phi) is 7.28. The highest BCUT2D eigenvalue weighted by atomic mass is 32.2. The summed E-state index contributed by atoms with van der Waals surface area (Å²) in [7, 11) is -3.25. The van der Waals surface area contributed by atoms with E-state index in [2.05, 4.69) is 4.98 Å². The van der Waals surface area contributed by atoms with Crippen LogP contribution >= 0.6 is 0 Å². The molecule has 40 heavy (non-hydrogen) atoms. The number of fused-ring (bicyclic) bond motifs is 1. The first-order chi connectivity index (χ1) is 19.2. The average molecular weight is 569 g/mol. The van der Waals surface area contributed by atoms with E-state index < -0.39 is 21.7 Å². The number of ether oxygens (including phenoxy) is 1. The largest absolute Gasteiger partial charge is 0.485 e. The molecule has 4 heterocycles. The third-order valence-electron chi connectivity index (χ3n) is 9.16. The quantitative estimate of drug-likeness (QED) is 0.382. The molecule has 6 rings (SSSR count). The van der Waals surface area contributed by atoms with Crippen molar-refractivity contribution in [2.24, 2.45) is 5.92 Å². The van der Waals surface area contributed by atoms with Crippen LogP contribution in [-0.4, -0.2) is 77.0 Å². The first kappa shape index (κ1) is 27.1. The van der Waals surface area contributed by atoms with Crippen molar-refractivity contribution in [1.82, 2.24) is 14.2 Å². The van der Waals surface area contributed by atoms with Gasteiger partial charge in [-0.15, -0.1) is 0 Å². The van der Waals surface area contributed by atoms with Gasteiger partial charge in [0.1, 0.15) is 11.4 Å². The van der Waals surface area contributed by atoms with Crippen LogP contribution in [-0.2, 0) is 16.4 Å². The number of hydrogen-bond acceptors (Lipinski definition) is 7. The predicted octanol–water partition coefficient (Wildman–Crippen LogP) is 3.92. The van der Waals surface area contributed by atoms with Gasteiger partial charge in [-0.1, -0.05) is 31.4 Å². The van der Waals surface area contributed by atoms with Crippen LogP contribution in [0.1, 0.15) is 67.3 Å². The van der Waals surface area contributed by atoms with Gasteiger partial charge in [0.2, 0.25) is 16.1 Å². The molecule has 2 saturated heterocycles. The van der Waals surface area contributed by atoms with Crippen LogP contribution in [0.3, 0.4) is 0 Å².